The minimum atomic E-state index is 0.192. The third-order valence-electron chi connectivity index (χ3n) is 3.56. The molecule has 3 rings (SSSR count). The molecule has 2 aromatic rings. The highest BCUT2D eigenvalue weighted by molar-refractivity contribution is 9.10. The van der Waals surface area contributed by atoms with E-state index < -0.39 is 0 Å². The molecule has 0 N–H and O–H groups in total. The normalized spacial score (nSPS) is 12.9. The van der Waals surface area contributed by atoms with Gasteiger partial charge in [0.1, 0.15) is 11.5 Å². The molecule has 0 saturated heterocycles. The van der Waals surface area contributed by atoms with Gasteiger partial charge in [-0.05, 0) is 29.3 Å². The van der Waals surface area contributed by atoms with Crippen molar-refractivity contribution in [3.8, 4) is 5.75 Å². The summed E-state index contributed by atoms with van der Waals surface area (Å²) >= 11 is 7.00. The van der Waals surface area contributed by atoms with E-state index in [1.165, 1.54) is 5.56 Å². The van der Waals surface area contributed by atoms with Crippen molar-refractivity contribution in [1.82, 2.24) is 0 Å². The Hall–Kier alpha value is -1.13. The highest BCUT2D eigenvalue weighted by atomic mass is 79.9. The second-order valence-electron chi connectivity index (χ2n) is 5.14. The molecule has 0 radical (unpaired) electrons. The average Bonchev–Trinajstić information content (AvgIpc) is 2.89. The maximum Gasteiger partial charge on any atom is 0.141 e. The molecule has 1 aliphatic rings. The third kappa shape index (κ3) is 3.38. The van der Waals surface area contributed by atoms with Gasteiger partial charge in [-0.2, -0.15) is 0 Å². The van der Waals surface area contributed by atoms with Crippen molar-refractivity contribution in [2.24, 2.45) is 0 Å². The van der Waals surface area contributed by atoms with Gasteiger partial charge in [0.2, 0.25) is 0 Å². The van der Waals surface area contributed by atoms with Gasteiger partial charge in [0, 0.05) is 33.8 Å². The fourth-order valence-corrected chi connectivity index (χ4v) is 3.58. The Morgan fingerprint density at radius 3 is 2.67 bits per heavy atom. The Balaban J connectivity index is 1.78. The van der Waals surface area contributed by atoms with Crippen LogP contribution in [-0.2, 0) is 24.1 Å². The van der Waals surface area contributed by atoms with Gasteiger partial charge >= 0.3 is 0 Å². The maximum atomic E-state index is 12.4. The second-order valence-corrected chi connectivity index (χ2v) is 6.91. The van der Waals surface area contributed by atoms with Gasteiger partial charge in [-0.25, -0.2) is 0 Å². The number of Topliss-reactive ketones (excluding diaryl/α,β-unsaturated/α-hetero) is 1. The molecular weight excluding hydrogens is 396 g/mol. The van der Waals surface area contributed by atoms with Crippen LogP contribution in [-0.4, -0.2) is 12.4 Å². The third-order valence-corrected chi connectivity index (χ3v) is 4.79. The first kappa shape index (κ1) is 14.8. The molecule has 0 spiro atoms. The predicted molar refractivity (Wildman–Crippen MR) is 89.9 cm³/mol. The summed E-state index contributed by atoms with van der Waals surface area (Å²) in [7, 11) is 0. The molecule has 21 heavy (non-hydrogen) atoms. The molecule has 0 aliphatic carbocycles. The fourth-order valence-electron chi connectivity index (χ4n) is 2.61. The summed E-state index contributed by atoms with van der Waals surface area (Å²) in [6.07, 6.45) is 1.76. The highest BCUT2D eigenvalue weighted by Gasteiger charge is 2.19. The number of hydrogen-bond donors (Lipinski definition) is 0. The Morgan fingerprint density at radius 1 is 1.10 bits per heavy atom. The van der Waals surface area contributed by atoms with Gasteiger partial charge < -0.3 is 4.74 Å². The Bertz CT molecular complexity index is 695. The van der Waals surface area contributed by atoms with E-state index in [0.29, 0.717) is 19.4 Å². The van der Waals surface area contributed by atoms with E-state index >= 15 is 0 Å². The lowest BCUT2D eigenvalue weighted by Gasteiger charge is -2.09. The first-order valence-corrected chi connectivity index (χ1v) is 8.41. The van der Waals surface area contributed by atoms with E-state index in [1.54, 1.807) is 0 Å². The summed E-state index contributed by atoms with van der Waals surface area (Å²) in [6.45, 7) is 0.706. The standard InChI is InChI=1S/C17H14Br2O2/c18-14-7-12-5-6-21-17(12)13(8-14)10-15(20)9-11-3-1-2-4-16(11)19/h1-4,7-8H,5-6,9-10H2. The number of fused-ring (bicyclic) bond motifs is 1. The van der Waals surface area contributed by atoms with Gasteiger partial charge in [-0.3, -0.25) is 4.79 Å². The van der Waals surface area contributed by atoms with E-state index in [0.717, 1.165) is 32.2 Å². The molecule has 4 heteroatoms. The van der Waals surface area contributed by atoms with Crippen LogP contribution < -0.4 is 4.74 Å². The quantitative estimate of drug-likeness (QED) is 0.742. The molecule has 0 fully saturated rings. The number of carbonyl (C=O) groups excluding carboxylic acids is 1. The minimum absolute atomic E-state index is 0.192. The van der Waals surface area contributed by atoms with E-state index in [1.807, 2.05) is 30.3 Å². The number of benzene rings is 2. The predicted octanol–water partition coefficient (Wildman–Crippen LogP) is 4.50. The van der Waals surface area contributed by atoms with Crippen molar-refractivity contribution in [3.05, 3.63) is 62.0 Å². The monoisotopic (exact) mass is 408 g/mol. The van der Waals surface area contributed by atoms with Crippen LogP contribution in [0.4, 0.5) is 0 Å². The highest BCUT2D eigenvalue weighted by Crippen LogP contribution is 2.33. The summed E-state index contributed by atoms with van der Waals surface area (Å²) in [4.78, 5) is 12.4. The smallest absolute Gasteiger partial charge is 0.141 e. The van der Waals surface area contributed by atoms with Crippen molar-refractivity contribution in [1.29, 1.82) is 0 Å². The van der Waals surface area contributed by atoms with E-state index in [-0.39, 0.29) is 5.78 Å². The van der Waals surface area contributed by atoms with Crippen LogP contribution in [0, 0.1) is 0 Å². The average molecular weight is 410 g/mol. The van der Waals surface area contributed by atoms with Crippen molar-refractivity contribution in [2.75, 3.05) is 6.61 Å². The first-order valence-electron chi connectivity index (χ1n) is 6.82. The Labute approximate surface area is 140 Å². The number of carbonyl (C=O) groups is 1. The number of rotatable bonds is 4. The molecule has 1 heterocycles. The fraction of sp³-hybridized carbons (Fsp3) is 0.235. The van der Waals surface area contributed by atoms with E-state index in [9.17, 15) is 4.79 Å². The second kappa shape index (κ2) is 6.32. The summed E-state index contributed by atoms with van der Waals surface area (Å²) in [5.41, 5.74) is 3.19. The number of ether oxygens (including phenoxy) is 1. The van der Waals surface area contributed by atoms with Gasteiger partial charge in [0.15, 0.2) is 0 Å². The Morgan fingerprint density at radius 2 is 1.86 bits per heavy atom. The number of halogens is 2. The molecule has 0 atom stereocenters. The van der Waals surface area contributed by atoms with Crippen LogP contribution in [0.15, 0.2) is 45.3 Å². The summed E-state index contributed by atoms with van der Waals surface area (Å²) < 4.78 is 7.67. The summed E-state index contributed by atoms with van der Waals surface area (Å²) in [6, 6.07) is 11.9. The molecule has 108 valence electrons. The number of ketones is 1. The van der Waals surface area contributed by atoms with Crippen LogP contribution in [0.1, 0.15) is 16.7 Å². The zero-order chi connectivity index (χ0) is 14.8. The first-order chi connectivity index (χ1) is 10.1. The van der Waals surface area contributed by atoms with E-state index in [2.05, 4.69) is 37.9 Å². The maximum absolute atomic E-state index is 12.4. The molecule has 0 amide bonds. The molecule has 0 unspecified atom stereocenters. The zero-order valence-corrected chi connectivity index (χ0v) is 14.5. The van der Waals surface area contributed by atoms with Gasteiger partial charge in [-0.15, -0.1) is 0 Å². The van der Waals surface area contributed by atoms with Crippen LogP contribution in [0.25, 0.3) is 0 Å². The summed E-state index contributed by atoms with van der Waals surface area (Å²) in [5.74, 6) is 1.09. The van der Waals surface area contributed by atoms with Crippen LogP contribution in [0.3, 0.4) is 0 Å². The van der Waals surface area contributed by atoms with Crippen molar-refractivity contribution in [2.45, 2.75) is 19.3 Å². The topological polar surface area (TPSA) is 26.3 Å². The molecule has 0 saturated carbocycles. The van der Waals surface area contributed by atoms with Crippen molar-refractivity contribution < 1.29 is 9.53 Å². The largest absolute Gasteiger partial charge is 0.493 e. The minimum Gasteiger partial charge on any atom is -0.493 e. The molecule has 2 aromatic carbocycles. The lowest BCUT2D eigenvalue weighted by atomic mass is 10.00. The van der Waals surface area contributed by atoms with E-state index in [4.69, 9.17) is 4.74 Å². The van der Waals surface area contributed by atoms with Gasteiger partial charge in [0.25, 0.3) is 0 Å². The van der Waals surface area contributed by atoms with Gasteiger partial charge in [0.05, 0.1) is 6.61 Å². The van der Waals surface area contributed by atoms with Crippen LogP contribution in [0.2, 0.25) is 0 Å². The Kier molecular flexibility index (Phi) is 4.45. The zero-order valence-electron chi connectivity index (χ0n) is 11.4. The lowest BCUT2D eigenvalue weighted by molar-refractivity contribution is -0.117. The molecule has 0 bridgehead atoms. The van der Waals surface area contributed by atoms with Crippen LogP contribution >= 0.6 is 31.9 Å². The molecule has 2 nitrogen and oxygen atoms in total. The SMILES string of the molecule is O=C(Cc1ccccc1Br)Cc1cc(Br)cc2c1OCC2. The molecule has 1 aliphatic heterocycles. The molecular formula is C17H14Br2O2. The molecule has 0 aromatic heterocycles. The van der Waals surface area contributed by atoms with Crippen molar-refractivity contribution >= 4 is 37.6 Å². The van der Waals surface area contributed by atoms with Gasteiger partial charge in [-0.1, -0.05) is 50.1 Å². The summed E-state index contributed by atoms with van der Waals surface area (Å²) in [5, 5.41) is 0. The number of hydrogen-bond acceptors (Lipinski definition) is 2. The lowest BCUT2D eigenvalue weighted by Crippen LogP contribution is -2.08. The van der Waals surface area contributed by atoms with Crippen LogP contribution in [0.5, 0.6) is 5.75 Å². The van der Waals surface area contributed by atoms with Crippen molar-refractivity contribution in [3.63, 3.8) is 0 Å².